The molecule has 1 N–H and O–H groups in total. The molecule has 0 aliphatic heterocycles. The summed E-state index contributed by atoms with van der Waals surface area (Å²) in [5.74, 6) is -3.11. The molecular weight excluding hydrogens is 229 g/mol. The quantitative estimate of drug-likeness (QED) is 0.801. The smallest absolute Gasteiger partial charge is 0.248 e. The lowest BCUT2D eigenvalue weighted by molar-refractivity contribution is -0.107. The highest BCUT2D eigenvalue weighted by Gasteiger charge is 2.43. The Morgan fingerprint density at radius 1 is 1.12 bits per heavy atom. The lowest BCUT2D eigenvalue weighted by atomic mass is 9.78. The molecule has 1 fully saturated rings. The van der Waals surface area contributed by atoms with Gasteiger partial charge in [-0.3, -0.25) is 0 Å². The molecule has 0 spiro atoms. The highest BCUT2D eigenvalue weighted by atomic mass is 19.3. The van der Waals surface area contributed by atoms with E-state index >= 15 is 0 Å². The number of hydrogen-bond donors (Lipinski definition) is 1. The Balaban J connectivity index is 2.24. The van der Waals surface area contributed by atoms with Crippen molar-refractivity contribution in [2.75, 3.05) is 0 Å². The van der Waals surface area contributed by atoms with E-state index in [1.165, 1.54) is 6.07 Å². The second kappa shape index (κ2) is 4.02. The fourth-order valence-corrected chi connectivity index (χ4v) is 2.20. The number of rotatable bonds is 1. The molecule has 0 radical (unpaired) electrons. The van der Waals surface area contributed by atoms with Crippen molar-refractivity contribution in [2.24, 2.45) is 0 Å². The van der Waals surface area contributed by atoms with E-state index in [9.17, 15) is 18.3 Å². The normalized spacial score (nSPS) is 22.4. The number of aryl methyl sites for hydroxylation is 1. The minimum atomic E-state index is -2.70. The molecule has 1 aromatic rings. The van der Waals surface area contributed by atoms with Crippen LogP contribution in [0.15, 0.2) is 18.2 Å². The highest BCUT2D eigenvalue weighted by molar-refractivity contribution is 5.28. The van der Waals surface area contributed by atoms with Crippen LogP contribution in [0.2, 0.25) is 0 Å². The predicted octanol–water partition coefficient (Wildman–Crippen LogP) is 3.53. The first-order valence-corrected chi connectivity index (χ1v) is 5.69. The summed E-state index contributed by atoms with van der Waals surface area (Å²) in [6.07, 6.45) is -0.747. The van der Waals surface area contributed by atoms with Gasteiger partial charge in [0.2, 0.25) is 5.92 Å². The first kappa shape index (κ1) is 12.4. The van der Waals surface area contributed by atoms with Crippen molar-refractivity contribution in [1.29, 1.82) is 0 Å². The van der Waals surface area contributed by atoms with E-state index in [2.05, 4.69) is 0 Å². The molecule has 0 amide bonds. The Hall–Kier alpha value is -1.03. The van der Waals surface area contributed by atoms with Gasteiger partial charge in [0.1, 0.15) is 5.82 Å². The monoisotopic (exact) mass is 244 g/mol. The van der Waals surface area contributed by atoms with E-state index in [0.29, 0.717) is 11.1 Å². The van der Waals surface area contributed by atoms with Crippen LogP contribution in [0.3, 0.4) is 0 Å². The van der Waals surface area contributed by atoms with Crippen molar-refractivity contribution in [2.45, 2.75) is 44.1 Å². The molecule has 17 heavy (non-hydrogen) atoms. The van der Waals surface area contributed by atoms with E-state index in [0.717, 1.165) is 0 Å². The fourth-order valence-electron chi connectivity index (χ4n) is 2.20. The van der Waals surface area contributed by atoms with Crippen LogP contribution >= 0.6 is 0 Å². The first-order valence-electron chi connectivity index (χ1n) is 5.69. The topological polar surface area (TPSA) is 20.2 Å². The van der Waals surface area contributed by atoms with E-state index in [-0.39, 0.29) is 25.7 Å². The molecular formula is C13H15F3O. The number of benzene rings is 1. The molecule has 0 atom stereocenters. The van der Waals surface area contributed by atoms with Gasteiger partial charge in [-0.1, -0.05) is 12.1 Å². The average molecular weight is 244 g/mol. The predicted molar refractivity (Wildman–Crippen MR) is 58.4 cm³/mol. The van der Waals surface area contributed by atoms with E-state index < -0.39 is 17.3 Å². The molecule has 0 heterocycles. The van der Waals surface area contributed by atoms with Crippen LogP contribution in [0.25, 0.3) is 0 Å². The molecule has 4 heteroatoms. The summed E-state index contributed by atoms with van der Waals surface area (Å²) in [4.78, 5) is 0. The maximum Gasteiger partial charge on any atom is 0.248 e. The summed E-state index contributed by atoms with van der Waals surface area (Å²) in [5.41, 5.74) is -0.425. The van der Waals surface area contributed by atoms with Gasteiger partial charge in [-0.25, -0.2) is 13.2 Å². The zero-order valence-electron chi connectivity index (χ0n) is 9.64. The second-order valence-electron chi connectivity index (χ2n) is 4.85. The second-order valence-corrected chi connectivity index (χ2v) is 4.85. The van der Waals surface area contributed by atoms with E-state index in [1.807, 2.05) is 0 Å². The van der Waals surface area contributed by atoms with Gasteiger partial charge in [0.15, 0.2) is 0 Å². The van der Waals surface area contributed by atoms with Gasteiger partial charge in [0.25, 0.3) is 0 Å². The molecule has 1 aromatic carbocycles. The summed E-state index contributed by atoms with van der Waals surface area (Å²) in [6, 6.07) is 4.43. The lowest BCUT2D eigenvalue weighted by Crippen LogP contribution is -2.36. The Morgan fingerprint density at radius 3 is 2.24 bits per heavy atom. The largest absolute Gasteiger partial charge is 0.385 e. The Bertz CT molecular complexity index is 419. The highest BCUT2D eigenvalue weighted by Crippen LogP contribution is 2.43. The van der Waals surface area contributed by atoms with E-state index in [1.54, 1.807) is 19.1 Å². The van der Waals surface area contributed by atoms with Crippen LogP contribution < -0.4 is 0 Å². The zero-order chi connectivity index (χ0) is 12.7. The van der Waals surface area contributed by atoms with Gasteiger partial charge >= 0.3 is 0 Å². The van der Waals surface area contributed by atoms with Gasteiger partial charge < -0.3 is 5.11 Å². The molecule has 1 nitrogen and oxygen atoms in total. The van der Waals surface area contributed by atoms with Crippen molar-refractivity contribution < 1.29 is 18.3 Å². The molecule has 94 valence electrons. The molecule has 1 aliphatic rings. The fraction of sp³-hybridized carbons (Fsp3) is 0.538. The number of hydrogen-bond acceptors (Lipinski definition) is 1. The van der Waals surface area contributed by atoms with Gasteiger partial charge in [-0.05, 0) is 37.0 Å². The van der Waals surface area contributed by atoms with Gasteiger partial charge in [-0.2, -0.15) is 0 Å². The minimum absolute atomic E-state index is 0.0253. The van der Waals surface area contributed by atoms with Crippen LogP contribution in [-0.4, -0.2) is 11.0 Å². The van der Waals surface area contributed by atoms with E-state index in [4.69, 9.17) is 0 Å². The lowest BCUT2D eigenvalue weighted by Gasteiger charge is -2.36. The molecule has 1 saturated carbocycles. The summed E-state index contributed by atoms with van der Waals surface area (Å²) >= 11 is 0. The zero-order valence-corrected chi connectivity index (χ0v) is 9.64. The van der Waals surface area contributed by atoms with Crippen molar-refractivity contribution in [3.8, 4) is 0 Å². The van der Waals surface area contributed by atoms with Gasteiger partial charge in [0, 0.05) is 12.8 Å². The summed E-state index contributed by atoms with van der Waals surface area (Å²) in [7, 11) is 0. The summed E-state index contributed by atoms with van der Waals surface area (Å²) in [5, 5.41) is 10.3. The van der Waals surface area contributed by atoms with Crippen LogP contribution in [0, 0.1) is 12.7 Å². The van der Waals surface area contributed by atoms with Crippen LogP contribution in [0.5, 0.6) is 0 Å². The number of alkyl halides is 2. The third-order valence-electron chi connectivity index (χ3n) is 3.52. The Morgan fingerprint density at radius 2 is 1.71 bits per heavy atom. The maximum atomic E-state index is 13.4. The van der Waals surface area contributed by atoms with Gasteiger partial charge in [-0.15, -0.1) is 0 Å². The number of halogens is 3. The standard InChI is InChI=1S/C13H15F3O/c1-9-2-3-10(8-11(9)14)12(17)4-6-13(15,16)7-5-12/h2-3,8,17H,4-7H2,1H3. The molecule has 0 unspecified atom stereocenters. The van der Waals surface area contributed by atoms with Crippen LogP contribution in [-0.2, 0) is 5.60 Å². The molecule has 0 bridgehead atoms. The van der Waals surface area contributed by atoms with Gasteiger partial charge in [0.05, 0.1) is 5.60 Å². The SMILES string of the molecule is Cc1ccc(C2(O)CCC(F)(F)CC2)cc1F. The molecule has 2 rings (SSSR count). The van der Waals surface area contributed by atoms with Crippen LogP contribution in [0.1, 0.15) is 36.8 Å². The van der Waals surface area contributed by atoms with Crippen molar-refractivity contribution in [3.63, 3.8) is 0 Å². The molecule has 0 saturated heterocycles. The summed E-state index contributed by atoms with van der Waals surface area (Å²) in [6.45, 7) is 1.62. The van der Waals surface area contributed by atoms with Crippen molar-refractivity contribution in [3.05, 3.63) is 35.1 Å². The van der Waals surface area contributed by atoms with Crippen molar-refractivity contribution >= 4 is 0 Å². The Labute approximate surface area is 98.3 Å². The summed E-state index contributed by atoms with van der Waals surface area (Å²) < 4.78 is 39.4. The van der Waals surface area contributed by atoms with Crippen molar-refractivity contribution in [1.82, 2.24) is 0 Å². The maximum absolute atomic E-state index is 13.4. The molecule has 0 aromatic heterocycles. The average Bonchev–Trinajstić information content (AvgIpc) is 2.27. The minimum Gasteiger partial charge on any atom is -0.385 e. The third kappa shape index (κ3) is 2.46. The third-order valence-corrected chi connectivity index (χ3v) is 3.52. The number of aliphatic hydroxyl groups is 1. The first-order chi connectivity index (χ1) is 7.82. The molecule has 1 aliphatic carbocycles. The Kier molecular flexibility index (Phi) is 2.94. The van der Waals surface area contributed by atoms with Crippen LogP contribution in [0.4, 0.5) is 13.2 Å².